The molecule has 0 fully saturated rings. The van der Waals surface area contributed by atoms with E-state index in [2.05, 4.69) is 89.4 Å². The van der Waals surface area contributed by atoms with E-state index in [1.54, 1.807) is 0 Å². The fourth-order valence-electron chi connectivity index (χ4n) is 2.47. The number of rotatable bonds is 4. The molecule has 1 aliphatic rings. The monoisotopic (exact) mass is 511 g/mol. The topological polar surface area (TPSA) is 37.3 Å². The van der Waals surface area contributed by atoms with Crippen molar-refractivity contribution in [3.63, 3.8) is 0 Å². The van der Waals surface area contributed by atoms with Gasteiger partial charge in [0.1, 0.15) is 15.0 Å². The normalized spacial score (nSPS) is 15.8. The van der Waals surface area contributed by atoms with Gasteiger partial charge in [-0.1, -0.05) is 58.4 Å². The van der Waals surface area contributed by atoms with Crippen molar-refractivity contribution in [3.8, 4) is 0 Å². The minimum absolute atomic E-state index is 0.188. The van der Waals surface area contributed by atoms with E-state index >= 15 is 0 Å². The molecule has 1 aliphatic heterocycles. The quantitative estimate of drug-likeness (QED) is 0.324. The molecule has 28 heavy (non-hydrogen) atoms. The van der Waals surface area contributed by atoms with Gasteiger partial charge in [0, 0.05) is 6.42 Å². The van der Waals surface area contributed by atoms with Crippen LogP contribution in [0.25, 0.3) is 0 Å². The number of hydrogen-bond donors (Lipinski definition) is 1. The Morgan fingerprint density at radius 3 is 2.32 bits per heavy atom. The van der Waals surface area contributed by atoms with Crippen LogP contribution in [0.3, 0.4) is 0 Å². The second-order valence-corrected chi connectivity index (χ2v) is 8.06. The van der Waals surface area contributed by atoms with Crippen LogP contribution in [-0.2, 0) is 0 Å². The molecule has 1 aromatic heterocycles. The fourth-order valence-corrected chi connectivity index (χ4v) is 3.44. The Kier molecular flexibility index (Phi) is 14.1. The first-order chi connectivity index (χ1) is 13.3. The standard InChI is InChI=1S/C18H21Br2N3.C3H8.C2H6/c1-5-12(4)13(10-11(2)3)14-7-9-17(21-14)22-15-6-8-16(19)23-18(15)20;1-3-2;1-2/h5-6,8,10,14H,1,7,9H2,2-4H3,(H,21,22);3H2,1-2H3;1-2H3/b13-12+;;. The summed E-state index contributed by atoms with van der Waals surface area (Å²) in [6.45, 7) is 18.5. The molecule has 3 nitrogen and oxygen atoms in total. The van der Waals surface area contributed by atoms with Gasteiger partial charge in [0.15, 0.2) is 0 Å². The molecule has 0 bridgehead atoms. The van der Waals surface area contributed by atoms with Gasteiger partial charge in [-0.25, -0.2) is 4.98 Å². The SMILES string of the molecule is C=C/C(C)=C(\C=C(C)C)C1CCC(Nc2ccc(Br)nc2Br)=N1.CC.CCC. The highest BCUT2D eigenvalue weighted by Crippen LogP contribution is 2.28. The highest BCUT2D eigenvalue weighted by atomic mass is 79.9. The molecular weight excluding hydrogens is 478 g/mol. The van der Waals surface area contributed by atoms with Gasteiger partial charge in [0.2, 0.25) is 0 Å². The Hall–Kier alpha value is -1.20. The summed E-state index contributed by atoms with van der Waals surface area (Å²) in [5, 5.41) is 3.38. The van der Waals surface area contributed by atoms with E-state index in [4.69, 9.17) is 4.99 Å². The molecule has 0 saturated heterocycles. The van der Waals surface area contributed by atoms with Crippen LogP contribution in [0.4, 0.5) is 5.69 Å². The Morgan fingerprint density at radius 2 is 1.82 bits per heavy atom. The lowest BCUT2D eigenvalue weighted by Crippen LogP contribution is -2.09. The lowest BCUT2D eigenvalue weighted by molar-refractivity contribution is 0.772. The Morgan fingerprint density at radius 1 is 1.21 bits per heavy atom. The van der Waals surface area contributed by atoms with Gasteiger partial charge in [0.05, 0.1) is 11.7 Å². The molecule has 0 amide bonds. The lowest BCUT2D eigenvalue weighted by Gasteiger charge is -2.12. The van der Waals surface area contributed by atoms with Crippen LogP contribution in [0.1, 0.15) is 67.7 Å². The molecule has 1 N–H and O–H groups in total. The zero-order valence-electron chi connectivity index (χ0n) is 18.4. The Bertz CT molecular complexity index is 715. The maximum atomic E-state index is 4.86. The lowest BCUT2D eigenvalue weighted by atomic mass is 9.98. The van der Waals surface area contributed by atoms with Gasteiger partial charge in [-0.05, 0) is 82.3 Å². The van der Waals surface area contributed by atoms with Gasteiger partial charge in [0.25, 0.3) is 0 Å². The van der Waals surface area contributed by atoms with E-state index in [-0.39, 0.29) is 6.04 Å². The fraction of sp³-hybridized carbons (Fsp3) is 0.478. The average molecular weight is 513 g/mol. The number of amidine groups is 1. The molecule has 0 saturated carbocycles. The predicted molar refractivity (Wildman–Crippen MR) is 133 cm³/mol. The number of aromatic nitrogens is 1. The zero-order valence-corrected chi connectivity index (χ0v) is 21.5. The van der Waals surface area contributed by atoms with Gasteiger partial charge < -0.3 is 5.32 Å². The number of allylic oxidation sites excluding steroid dienone is 3. The molecule has 1 unspecified atom stereocenters. The van der Waals surface area contributed by atoms with E-state index < -0.39 is 0 Å². The zero-order chi connectivity index (χ0) is 21.7. The minimum Gasteiger partial charge on any atom is -0.342 e. The van der Waals surface area contributed by atoms with Gasteiger partial charge in [-0.3, -0.25) is 4.99 Å². The van der Waals surface area contributed by atoms with Crippen molar-refractivity contribution >= 4 is 43.4 Å². The second-order valence-electron chi connectivity index (χ2n) is 6.50. The molecule has 0 aliphatic carbocycles. The van der Waals surface area contributed by atoms with Crippen LogP contribution in [-0.4, -0.2) is 16.9 Å². The third-order valence-electron chi connectivity index (χ3n) is 3.62. The molecule has 1 aromatic rings. The summed E-state index contributed by atoms with van der Waals surface area (Å²) in [7, 11) is 0. The van der Waals surface area contributed by atoms with Crippen LogP contribution in [0, 0.1) is 0 Å². The maximum Gasteiger partial charge on any atom is 0.130 e. The highest BCUT2D eigenvalue weighted by molar-refractivity contribution is 9.11. The van der Waals surface area contributed by atoms with Gasteiger partial charge in [-0.15, -0.1) is 0 Å². The summed E-state index contributed by atoms with van der Waals surface area (Å²) in [5.74, 6) is 0.997. The molecule has 0 radical (unpaired) electrons. The number of pyridine rings is 1. The molecule has 156 valence electrons. The second kappa shape index (κ2) is 14.7. The van der Waals surface area contributed by atoms with Crippen LogP contribution < -0.4 is 5.32 Å². The van der Waals surface area contributed by atoms with Crippen molar-refractivity contribution in [2.75, 3.05) is 5.32 Å². The number of hydrogen-bond acceptors (Lipinski definition) is 3. The van der Waals surface area contributed by atoms with E-state index in [1.807, 2.05) is 32.1 Å². The summed E-state index contributed by atoms with van der Waals surface area (Å²) < 4.78 is 1.58. The van der Waals surface area contributed by atoms with Crippen LogP contribution >= 0.6 is 31.9 Å². The highest BCUT2D eigenvalue weighted by Gasteiger charge is 2.21. The van der Waals surface area contributed by atoms with Gasteiger partial charge >= 0.3 is 0 Å². The van der Waals surface area contributed by atoms with Crippen molar-refractivity contribution in [1.82, 2.24) is 4.98 Å². The van der Waals surface area contributed by atoms with E-state index in [0.717, 1.165) is 33.6 Å². The first-order valence-electron chi connectivity index (χ1n) is 9.96. The largest absolute Gasteiger partial charge is 0.342 e. The molecule has 2 rings (SSSR count). The van der Waals surface area contributed by atoms with Crippen molar-refractivity contribution in [1.29, 1.82) is 0 Å². The third-order valence-corrected chi connectivity index (χ3v) is 4.67. The van der Waals surface area contributed by atoms with Crippen LogP contribution in [0.5, 0.6) is 0 Å². The molecule has 2 heterocycles. The predicted octanol–water partition coefficient (Wildman–Crippen LogP) is 8.49. The summed E-state index contributed by atoms with van der Waals surface area (Å²) in [6, 6.07) is 4.09. The summed E-state index contributed by atoms with van der Waals surface area (Å²) in [6.07, 6.45) is 7.31. The minimum atomic E-state index is 0.188. The van der Waals surface area contributed by atoms with E-state index in [9.17, 15) is 0 Å². The van der Waals surface area contributed by atoms with Crippen LogP contribution in [0.15, 0.2) is 61.8 Å². The van der Waals surface area contributed by atoms with E-state index in [0.29, 0.717) is 0 Å². The van der Waals surface area contributed by atoms with Crippen molar-refractivity contribution in [3.05, 3.63) is 56.8 Å². The molecule has 0 spiro atoms. The molecule has 1 atom stereocenters. The molecular formula is C23H35Br2N3. The van der Waals surface area contributed by atoms with E-state index in [1.165, 1.54) is 23.1 Å². The van der Waals surface area contributed by atoms with Crippen molar-refractivity contribution in [2.45, 2.75) is 73.8 Å². The number of halogens is 2. The first kappa shape index (κ1) is 26.8. The smallest absolute Gasteiger partial charge is 0.130 e. The summed E-state index contributed by atoms with van der Waals surface area (Å²) in [5.41, 5.74) is 4.65. The third kappa shape index (κ3) is 9.33. The molecule has 5 heteroatoms. The Balaban J connectivity index is 0.00000133. The first-order valence-corrected chi connectivity index (χ1v) is 11.5. The number of aliphatic imine (C=N–C) groups is 1. The van der Waals surface area contributed by atoms with Crippen LogP contribution in [0.2, 0.25) is 0 Å². The van der Waals surface area contributed by atoms with Gasteiger partial charge in [-0.2, -0.15) is 0 Å². The van der Waals surface area contributed by atoms with Crippen molar-refractivity contribution in [2.24, 2.45) is 4.99 Å². The number of nitrogens with zero attached hydrogens (tertiary/aromatic N) is 2. The summed E-state index contributed by atoms with van der Waals surface area (Å²) >= 11 is 6.84. The average Bonchev–Trinajstić information content (AvgIpc) is 3.12. The Labute approximate surface area is 188 Å². The molecule has 0 aromatic carbocycles. The summed E-state index contributed by atoms with van der Waals surface area (Å²) in [4.78, 5) is 9.20. The number of anilines is 1. The number of nitrogens with one attached hydrogen (secondary N) is 1. The van der Waals surface area contributed by atoms with Crippen molar-refractivity contribution < 1.29 is 0 Å². The maximum absolute atomic E-state index is 4.86.